The second-order valence-electron chi connectivity index (χ2n) is 10.8. The maximum absolute atomic E-state index is 13.4. The number of amides is 2. The van der Waals surface area contributed by atoms with Gasteiger partial charge in [0.05, 0.1) is 7.11 Å². The molecular formula is C30H42N2O3. The molecule has 0 aromatic heterocycles. The van der Waals surface area contributed by atoms with Gasteiger partial charge in [-0.25, -0.2) is 0 Å². The topological polar surface area (TPSA) is 58.6 Å². The van der Waals surface area contributed by atoms with E-state index in [9.17, 15) is 9.59 Å². The average Bonchev–Trinajstić information content (AvgIpc) is 2.86. The second-order valence-corrected chi connectivity index (χ2v) is 10.8. The highest BCUT2D eigenvalue weighted by Crippen LogP contribution is 2.23. The molecule has 0 spiro atoms. The van der Waals surface area contributed by atoms with Crippen molar-refractivity contribution in [3.05, 3.63) is 65.2 Å². The molecule has 1 atom stereocenters. The lowest BCUT2D eigenvalue weighted by Gasteiger charge is -2.31. The number of benzene rings is 2. The van der Waals surface area contributed by atoms with Crippen molar-refractivity contribution in [3.8, 4) is 5.75 Å². The molecule has 0 unspecified atom stereocenters. The van der Waals surface area contributed by atoms with Crippen LogP contribution in [0.3, 0.4) is 0 Å². The summed E-state index contributed by atoms with van der Waals surface area (Å²) in [6, 6.07) is 15.9. The number of methoxy groups -OCH3 is 1. The van der Waals surface area contributed by atoms with Crippen molar-refractivity contribution in [2.24, 2.45) is 0 Å². The van der Waals surface area contributed by atoms with Crippen LogP contribution in [0.4, 0.5) is 0 Å². The van der Waals surface area contributed by atoms with Crippen LogP contribution < -0.4 is 10.1 Å². The number of ether oxygens (including phenoxy) is 1. The molecule has 1 aliphatic rings. The Morgan fingerprint density at radius 2 is 1.57 bits per heavy atom. The van der Waals surface area contributed by atoms with Gasteiger partial charge in [-0.3, -0.25) is 9.59 Å². The van der Waals surface area contributed by atoms with Crippen molar-refractivity contribution in [2.75, 3.05) is 7.11 Å². The first-order chi connectivity index (χ1) is 16.7. The Labute approximate surface area is 211 Å². The first kappa shape index (κ1) is 26.8. The van der Waals surface area contributed by atoms with E-state index in [-0.39, 0.29) is 23.3 Å². The molecular weight excluding hydrogens is 436 g/mol. The van der Waals surface area contributed by atoms with Gasteiger partial charge in [-0.2, -0.15) is 0 Å². The van der Waals surface area contributed by atoms with Gasteiger partial charge in [-0.05, 0) is 60.4 Å². The Bertz CT molecular complexity index is 955. The summed E-state index contributed by atoms with van der Waals surface area (Å²) in [6.07, 6.45) is 6.61. The van der Waals surface area contributed by atoms with Gasteiger partial charge in [-0.1, -0.05) is 76.4 Å². The summed E-state index contributed by atoms with van der Waals surface area (Å²) in [4.78, 5) is 28.3. The summed E-state index contributed by atoms with van der Waals surface area (Å²) in [7, 11) is 1.64. The van der Waals surface area contributed by atoms with Crippen LogP contribution in [0.25, 0.3) is 0 Å². The molecule has 5 nitrogen and oxygen atoms in total. The quantitative estimate of drug-likeness (QED) is 0.496. The standard InChI is InChI=1S/C30H42N2O3/c1-22(29(34)31-26-9-7-6-8-10-26)32(21-24-13-18-27(35-5)19-14-24)28(33)20-15-23-11-16-25(17-12-23)30(2,3)4/h11-14,16-19,22,26H,6-10,15,20-21H2,1-5H3,(H,31,34)/t22-/m1/s1. The zero-order valence-corrected chi connectivity index (χ0v) is 22.1. The Morgan fingerprint density at radius 3 is 2.14 bits per heavy atom. The van der Waals surface area contributed by atoms with E-state index in [0.29, 0.717) is 19.4 Å². The predicted molar refractivity (Wildman–Crippen MR) is 141 cm³/mol. The molecule has 0 heterocycles. The van der Waals surface area contributed by atoms with Gasteiger partial charge < -0.3 is 15.0 Å². The second kappa shape index (κ2) is 12.2. The molecule has 2 aromatic carbocycles. The highest BCUT2D eigenvalue weighted by Gasteiger charge is 2.28. The van der Waals surface area contributed by atoms with E-state index in [0.717, 1.165) is 42.6 Å². The third kappa shape index (κ3) is 7.84. The van der Waals surface area contributed by atoms with Crippen LogP contribution >= 0.6 is 0 Å². The molecule has 0 saturated heterocycles. The van der Waals surface area contributed by atoms with Crippen molar-refractivity contribution in [1.82, 2.24) is 10.2 Å². The molecule has 1 N–H and O–H groups in total. The number of hydrogen-bond acceptors (Lipinski definition) is 3. The summed E-state index contributed by atoms with van der Waals surface area (Å²) in [5, 5.41) is 3.20. The lowest BCUT2D eigenvalue weighted by Crippen LogP contribution is -2.50. The number of carbonyl (C=O) groups excluding carboxylic acids is 2. The van der Waals surface area contributed by atoms with Gasteiger partial charge in [0, 0.05) is 19.0 Å². The molecule has 190 valence electrons. The van der Waals surface area contributed by atoms with Crippen molar-refractivity contribution in [2.45, 2.75) is 96.7 Å². The van der Waals surface area contributed by atoms with Crippen LogP contribution in [0, 0.1) is 0 Å². The molecule has 2 amide bonds. The third-order valence-electron chi connectivity index (χ3n) is 7.08. The first-order valence-corrected chi connectivity index (χ1v) is 13.0. The van der Waals surface area contributed by atoms with Crippen LogP contribution in [0.5, 0.6) is 5.75 Å². The zero-order chi connectivity index (χ0) is 25.4. The SMILES string of the molecule is COc1ccc(CN(C(=O)CCc2ccc(C(C)(C)C)cc2)[C@H](C)C(=O)NC2CCCCC2)cc1. The summed E-state index contributed by atoms with van der Waals surface area (Å²) in [6.45, 7) is 8.83. The summed E-state index contributed by atoms with van der Waals surface area (Å²) in [5.74, 6) is 0.703. The van der Waals surface area contributed by atoms with E-state index >= 15 is 0 Å². The van der Waals surface area contributed by atoms with Crippen molar-refractivity contribution in [1.29, 1.82) is 0 Å². The third-order valence-corrected chi connectivity index (χ3v) is 7.08. The molecule has 1 fully saturated rings. The number of carbonyl (C=O) groups is 2. The lowest BCUT2D eigenvalue weighted by molar-refractivity contribution is -0.141. The van der Waals surface area contributed by atoms with E-state index in [1.807, 2.05) is 31.2 Å². The minimum absolute atomic E-state index is 0.00740. The number of hydrogen-bond donors (Lipinski definition) is 1. The Hall–Kier alpha value is -2.82. The highest BCUT2D eigenvalue weighted by molar-refractivity contribution is 5.87. The average molecular weight is 479 g/mol. The smallest absolute Gasteiger partial charge is 0.242 e. The molecule has 2 aromatic rings. The molecule has 1 aliphatic carbocycles. The van der Waals surface area contributed by atoms with Gasteiger partial charge >= 0.3 is 0 Å². The molecule has 0 aliphatic heterocycles. The minimum atomic E-state index is -0.533. The van der Waals surface area contributed by atoms with Crippen LogP contribution in [0.2, 0.25) is 0 Å². The predicted octanol–water partition coefficient (Wildman–Crippen LogP) is 5.79. The van der Waals surface area contributed by atoms with E-state index < -0.39 is 6.04 Å². The van der Waals surface area contributed by atoms with Crippen LogP contribution in [0.1, 0.15) is 82.9 Å². The fourth-order valence-electron chi connectivity index (χ4n) is 4.65. The monoisotopic (exact) mass is 478 g/mol. The van der Waals surface area contributed by atoms with Crippen molar-refractivity contribution in [3.63, 3.8) is 0 Å². The molecule has 35 heavy (non-hydrogen) atoms. The maximum atomic E-state index is 13.4. The Kier molecular flexibility index (Phi) is 9.36. The largest absolute Gasteiger partial charge is 0.497 e. The number of rotatable bonds is 9. The van der Waals surface area contributed by atoms with Gasteiger partial charge in [0.25, 0.3) is 0 Å². The van der Waals surface area contributed by atoms with E-state index in [1.54, 1.807) is 12.0 Å². The molecule has 5 heteroatoms. The highest BCUT2D eigenvalue weighted by atomic mass is 16.5. The molecule has 0 radical (unpaired) electrons. The fourth-order valence-corrected chi connectivity index (χ4v) is 4.65. The zero-order valence-electron chi connectivity index (χ0n) is 22.1. The molecule has 3 rings (SSSR count). The summed E-state index contributed by atoms with van der Waals surface area (Å²) in [5.41, 5.74) is 3.49. The van der Waals surface area contributed by atoms with Crippen LogP contribution in [0.15, 0.2) is 48.5 Å². The fraction of sp³-hybridized carbons (Fsp3) is 0.533. The normalized spacial score (nSPS) is 15.3. The van der Waals surface area contributed by atoms with Crippen LogP contribution in [-0.4, -0.2) is 35.9 Å². The number of aryl methyl sites for hydroxylation is 1. The van der Waals surface area contributed by atoms with E-state index in [4.69, 9.17) is 4.74 Å². The van der Waals surface area contributed by atoms with Gasteiger partial charge in [-0.15, -0.1) is 0 Å². The van der Waals surface area contributed by atoms with Gasteiger partial charge in [0.15, 0.2) is 0 Å². The molecule has 0 bridgehead atoms. The number of nitrogens with one attached hydrogen (secondary N) is 1. The van der Waals surface area contributed by atoms with E-state index in [2.05, 4.69) is 50.4 Å². The van der Waals surface area contributed by atoms with Crippen molar-refractivity contribution >= 4 is 11.8 Å². The maximum Gasteiger partial charge on any atom is 0.242 e. The Balaban J connectivity index is 1.70. The Morgan fingerprint density at radius 1 is 0.971 bits per heavy atom. The summed E-state index contributed by atoms with van der Waals surface area (Å²) >= 11 is 0. The van der Waals surface area contributed by atoms with E-state index in [1.165, 1.54) is 12.0 Å². The first-order valence-electron chi connectivity index (χ1n) is 13.0. The molecule has 1 saturated carbocycles. The van der Waals surface area contributed by atoms with Crippen molar-refractivity contribution < 1.29 is 14.3 Å². The number of nitrogens with zero attached hydrogens (tertiary/aromatic N) is 1. The van der Waals surface area contributed by atoms with Gasteiger partial charge in [0.2, 0.25) is 11.8 Å². The van der Waals surface area contributed by atoms with Crippen LogP contribution in [-0.2, 0) is 28.0 Å². The minimum Gasteiger partial charge on any atom is -0.497 e. The summed E-state index contributed by atoms with van der Waals surface area (Å²) < 4.78 is 5.26. The van der Waals surface area contributed by atoms with Gasteiger partial charge in [0.1, 0.15) is 11.8 Å². The lowest BCUT2D eigenvalue weighted by atomic mass is 9.86.